The molecule has 1 atom stereocenters. The largest absolute Gasteiger partial charge is 0.480 e. The van der Waals surface area contributed by atoms with Gasteiger partial charge in [-0.15, -0.1) is 0 Å². The van der Waals surface area contributed by atoms with E-state index in [-0.39, 0.29) is 6.04 Å². The van der Waals surface area contributed by atoms with Crippen LogP contribution in [0.2, 0.25) is 0 Å². The van der Waals surface area contributed by atoms with Crippen LogP contribution in [0.5, 0.6) is 0 Å². The number of carbonyl (C=O) groups excluding carboxylic acids is 1. The summed E-state index contributed by atoms with van der Waals surface area (Å²) in [6.45, 7) is 0.553. The van der Waals surface area contributed by atoms with Crippen molar-refractivity contribution in [1.29, 1.82) is 0 Å². The molecule has 0 aromatic carbocycles. The molecular weight excluding hydrogens is 216 g/mol. The molecule has 0 bridgehead atoms. The Hall–Kier alpha value is -1.34. The van der Waals surface area contributed by atoms with Crippen LogP contribution in [0.15, 0.2) is 0 Å². The van der Waals surface area contributed by atoms with Gasteiger partial charge in [0.05, 0.1) is 6.61 Å². The molecule has 7 heteroatoms. The molecular formula is C9H16N2O5. The van der Waals surface area contributed by atoms with Crippen molar-refractivity contribution in [2.45, 2.75) is 24.9 Å². The zero-order valence-corrected chi connectivity index (χ0v) is 8.81. The second-order valence-electron chi connectivity index (χ2n) is 3.58. The molecule has 92 valence electrons. The quantitative estimate of drug-likeness (QED) is 0.492. The third-order valence-electron chi connectivity index (χ3n) is 2.34. The van der Waals surface area contributed by atoms with Gasteiger partial charge in [-0.1, -0.05) is 0 Å². The zero-order valence-electron chi connectivity index (χ0n) is 8.81. The highest BCUT2D eigenvalue weighted by atomic mass is 16.5. The summed E-state index contributed by atoms with van der Waals surface area (Å²) in [5, 5.41) is 22.1. The Kier molecular flexibility index (Phi) is 5.00. The Bertz CT molecular complexity index is 252. The van der Waals surface area contributed by atoms with Crippen LogP contribution >= 0.6 is 0 Å². The third-order valence-corrected chi connectivity index (χ3v) is 2.34. The summed E-state index contributed by atoms with van der Waals surface area (Å²) in [5.74, 6) is -1.26. The first kappa shape index (κ1) is 12.7. The van der Waals surface area contributed by atoms with Crippen LogP contribution in [-0.4, -0.2) is 54.1 Å². The second kappa shape index (κ2) is 6.29. The molecule has 0 aliphatic carbocycles. The minimum Gasteiger partial charge on any atom is -0.480 e. The van der Waals surface area contributed by atoms with E-state index in [1.54, 1.807) is 0 Å². The van der Waals surface area contributed by atoms with Gasteiger partial charge in [0, 0.05) is 19.3 Å². The smallest absolute Gasteiger partial charge is 0.328 e. The molecule has 0 spiro atoms. The molecule has 1 rings (SSSR count). The molecule has 0 saturated carbocycles. The monoisotopic (exact) mass is 232 g/mol. The van der Waals surface area contributed by atoms with Gasteiger partial charge in [0.1, 0.15) is 0 Å². The summed E-state index contributed by atoms with van der Waals surface area (Å²) in [6, 6.07) is -1.84. The molecule has 1 fully saturated rings. The minimum atomic E-state index is -1.26. The van der Waals surface area contributed by atoms with Gasteiger partial charge >= 0.3 is 12.0 Å². The third kappa shape index (κ3) is 4.03. The Labute approximate surface area is 92.8 Å². The van der Waals surface area contributed by atoms with E-state index in [1.807, 2.05) is 0 Å². The van der Waals surface area contributed by atoms with Crippen molar-refractivity contribution in [3.8, 4) is 0 Å². The number of ether oxygens (including phenoxy) is 1. The van der Waals surface area contributed by atoms with Gasteiger partial charge in [0.25, 0.3) is 0 Å². The van der Waals surface area contributed by atoms with Gasteiger partial charge in [0.2, 0.25) is 0 Å². The maximum absolute atomic E-state index is 11.3. The number of aliphatic hydroxyl groups is 1. The lowest BCUT2D eigenvalue weighted by molar-refractivity contribution is -0.140. The number of aliphatic hydroxyl groups excluding tert-OH is 1. The molecule has 7 nitrogen and oxygen atoms in total. The lowest BCUT2D eigenvalue weighted by Gasteiger charge is -2.24. The first-order valence-corrected chi connectivity index (χ1v) is 5.12. The van der Waals surface area contributed by atoms with E-state index in [0.29, 0.717) is 26.1 Å². The molecule has 0 radical (unpaired) electrons. The first-order chi connectivity index (χ1) is 7.63. The number of rotatable bonds is 4. The lowest BCUT2D eigenvalue weighted by atomic mass is 10.1. The van der Waals surface area contributed by atoms with E-state index in [9.17, 15) is 9.59 Å². The number of aliphatic carboxylic acids is 1. The van der Waals surface area contributed by atoms with E-state index in [1.165, 1.54) is 0 Å². The Morgan fingerprint density at radius 3 is 2.50 bits per heavy atom. The molecule has 1 aliphatic rings. The van der Waals surface area contributed by atoms with Gasteiger partial charge in [-0.05, 0) is 12.8 Å². The van der Waals surface area contributed by atoms with Crippen LogP contribution in [0, 0.1) is 0 Å². The van der Waals surface area contributed by atoms with Crippen molar-refractivity contribution in [1.82, 2.24) is 10.6 Å². The number of carbonyl (C=O) groups is 2. The van der Waals surface area contributed by atoms with E-state index in [4.69, 9.17) is 14.9 Å². The van der Waals surface area contributed by atoms with Crippen LogP contribution < -0.4 is 10.6 Å². The van der Waals surface area contributed by atoms with Gasteiger partial charge in [-0.3, -0.25) is 0 Å². The van der Waals surface area contributed by atoms with Crippen LogP contribution in [0.4, 0.5) is 4.79 Å². The highest BCUT2D eigenvalue weighted by Gasteiger charge is 2.21. The second-order valence-corrected chi connectivity index (χ2v) is 3.58. The predicted octanol–water partition coefficient (Wildman–Crippen LogP) is -1.09. The van der Waals surface area contributed by atoms with Crippen molar-refractivity contribution in [2.75, 3.05) is 19.8 Å². The van der Waals surface area contributed by atoms with Gasteiger partial charge in [0.15, 0.2) is 6.04 Å². The average molecular weight is 232 g/mol. The number of hydrogen-bond donors (Lipinski definition) is 4. The predicted molar refractivity (Wildman–Crippen MR) is 54.0 cm³/mol. The average Bonchev–Trinajstić information content (AvgIpc) is 2.27. The summed E-state index contributed by atoms with van der Waals surface area (Å²) in [6.07, 6.45) is 1.43. The number of amides is 2. The standard InChI is InChI=1S/C9H16N2O5/c12-5-7(8(13)14)11-9(15)10-6-1-3-16-4-2-6/h6-7,12H,1-5H2,(H,13,14)(H2,10,11,15). The van der Waals surface area contributed by atoms with Crippen LogP contribution in [0.1, 0.15) is 12.8 Å². The molecule has 16 heavy (non-hydrogen) atoms. The van der Waals surface area contributed by atoms with Gasteiger partial charge in [-0.2, -0.15) is 0 Å². The molecule has 2 amide bonds. The molecule has 0 aromatic rings. The van der Waals surface area contributed by atoms with E-state index in [2.05, 4.69) is 10.6 Å². The fourth-order valence-electron chi connectivity index (χ4n) is 1.41. The summed E-state index contributed by atoms with van der Waals surface area (Å²) >= 11 is 0. The zero-order chi connectivity index (χ0) is 12.0. The van der Waals surface area contributed by atoms with E-state index >= 15 is 0 Å². The molecule has 0 aromatic heterocycles. The van der Waals surface area contributed by atoms with Crippen LogP contribution in [0.3, 0.4) is 0 Å². The van der Waals surface area contributed by atoms with Crippen LogP contribution in [0.25, 0.3) is 0 Å². The summed E-state index contributed by atoms with van der Waals surface area (Å²) < 4.78 is 5.12. The highest BCUT2D eigenvalue weighted by molar-refractivity contribution is 5.82. The highest BCUT2D eigenvalue weighted by Crippen LogP contribution is 2.05. The van der Waals surface area contributed by atoms with E-state index < -0.39 is 24.6 Å². The van der Waals surface area contributed by atoms with Crippen molar-refractivity contribution in [3.63, 3.8) is 0 Å². The molecule has 1 aliphatic heterocycles. The van der Waals surface area contributed by atoms with Crippen molar-refractivity contribution in [3.05, 3.63) is 0 Å². The summed E-state index contributed by atoms with van der Waals surface area (Å²) in [5.41, 5.74) is 0. The first-order valence-electron chi connectivity index (χ1n) is 5.12. The van der Waals surface area contributed by atoms with Crippen molar-refractivity contribution >= 4 is 12.0 Å². The molecule has 1 unspecified atom stereocenters. The van der Waals surface area contributed by atoms with E-state index in [0.717, 1.165) is 0 Å². The maximum atomic E-state index is 11.3. The minimum absolute atomic E-state index is 0.00175. The van der Waals surface area contributed by atoms with Crippen LogP contribution in [-0.2, 0) is 9.53 Å². The number of hydrogen-bond acceptors (Lipinski definition) is 4. The van der Waals surface area contributed by atoms with Gasteiger partial charge in [-0.25, -0.2) is 9.59 Å². The molecule has 1 heterocycles. The molecule has 4 N–H and O–H groups in total. The maximum Gasteiger partial charge on any atom is 0.328 e. The number of urea groups is 1. The Morgan fingerprint density at radius 2 is 2.00 bits per heavy atom. The topological polar surface area (TPSA) is 108 Å². The van der Waals surface area contributed by atoms with Gasteiger partial charge < -0.3 is 25.6 Å². The fourth-order valence-corrected chi connectivity index (χ4v) is 1.41. The van der Waals surface area contributed by atoms with Crippen molar-refractivity contribution < 1.29 is 24.5 Å². The fraction of sp³-hybridized carbons (Fsp3) is 0.778. The number of carboxylic acids is 1. The Balaban J connectivity index is 2.31. The normalized spacial score (nSPS) is 18.8. The molecule has 1 saturated heterocycles. The van der Waals surface area contributed by atoms with Crippen molar-refractivity contribution in [2.24, 2.45) is 0 Å². The number of carboxylic acid groups (broad SMARTS) is 1. The SMILES string of the molecule is O=C(NC1CCOCC1)NC(CO)C(=O)O. The number of nitrogens with one attached hydrogen (secondary N) is 2. The Morgan fingerprint density at radius 1 is 1.38 bits per heavy atom. The summed E-state index contributed by atoms with van der Waals surface area (Å²) in [4.78, 5) is 21.9. The lowest BCUT2D eigenvalue weighted by Crippen LogP contribution is -2.51. The summed E-state index contributed by atoms with van der Waals surface area (Å²) in [7, 11) is 0.